The first-order valence-electron chi connectivity index (χ1n) is 8.77. The van der Waals surface area contributed by atoms with E-state index in [4.69, 9.17) is 4.74 Å². The molecule has 0 aliphatic heterocycles. The lowest BCUT2D eigenvalue weighted by Crippen LogP contribution is -2.39. The fraction of sp³-hybridized carbons (Fsp3) is 0.667. The van der Waals surface area contributed by atoms with Crippen LogP contribution in [0.15, 0.2) is 23.3 Å². The highest BCUT2D eigenvalue weighted by Crippen LogP contribution is 1.99. The first-order chi connectivity index (χ1) is 11.7. The number of aryl methyl sites for hydroxylation is 1. The molecule has 2 N–H and O–H groups in total. The van der Waals surface area contributed by atoms with Gasteiger partial charge in [0.2, 0.25) is 0 Å². The van der Waals surface area contributed by atoms with Crippen molar-refractivity contribution in [3.05, 3.63) is 29.6 Å². The number of nitrogens with zero attached hydrogens (tertiary/aromatic N) is 3. The topological polar surface area (TPSA) is 61.8 Å². The molecule has 0 radical (unpaired) electrons. The van der Waals surface area contributed by atoms with Crippen molar-refractivity contribution in [2.75, 3.05) is 53.5 Å². The number of hydrogen-bond donors (Lipinski definition) is 2. The fourth-order valence-electron chi connectivity index (χ4n) is 2.24. The Morgan fingerprint density at radius 3 is 2.79 bits per heavy atom. The van der Waals surface area contributed by atoms with Crippen LogP contribution in [0.2, 0.25) is 0 Å². The summed E-state index contributed by atoms with van der Waals surface area (Å²) in [6.07, 6.45) is 3.93. The van der Waals surface area contributed by atoms with Gasteiger partial charge in [-0.05, 0) is 45.4 Å². The Morgan fingerprint density at radius 1 is 1.29 bits per heavy atom. The van der Waals surface area contributed by atoms with Crippen LogP contribution >= 0.6 is 0 Å². The molecule has 6 nitrogen and oxygen atoms in total. The number of rotatable bonds is 11. The summed E-state index contributed by atoms with van der Waals surface area (Å²) >= 11 is 0. The lowest BCUT2D eigenvalue weighted by molar-refractivity contribution is 0.180. The van der Waals surface area contributed by atoms with Gasteiger partial charge in [-0.15, -0.1) is 0 Å². The lowest BCUT2D eigenvalue weighted by atomic mass is 10.2. The van der Waals surface area contributed by atoms with Crippen LogP contribution in [0.25, 0.3) is 0 Å². The van der Waals surface area contributed by atoms with Crippen molar-refractivity contribution in [2.45, 2.75) is 26.7 Å². The van der Waals surface area contributed by atoms with E-state index >= 15 is 0 Å². The molecule has 0 amide bonds. The number of methoxy groups -OCH3 is 1. The van der Waals surface area contributed by atoms with E-state index in [-0.39, 0.29) is 0 Å². The number of pyridine rings is 1. The quantitative estimate of drug-likeness (QED) is 0.364. The molecule has 1 heterocycles. The standard InChI is InChI=1S/C18H33N5O/c1-5-19-18(21-11-13-23(3)12-6-14-24-4)20-10-9-17-8-7-16(2)22-15-17/h7-8,15H,5-6,9-14H2,1-4H3,(H2,19,20,21). The Kier molecular flexibility index (Phi) is 10.8. The Morgan fingerprint density at radius 2 is 2.12 bits per heavy atom. The second-order valence-electron chi connectivity index (χ2n) is 5.89. The molecule has 0 aromatic carbocycles. The first-order valence-corrected chi connectivity index (χ1v) is 8.77. The molecule has 0 aliphatic carbocycles. The largest absolute Gasteiger partial charge is 0.385 e. The summed E-state index contributed by atoms with van der Waals surface area (Å²) in [7, 11) is 3.86. The van der Waals surface area contributed by atoms with Crippen LogP contribution in [-0.4, -0.2) is 69.3 Å². The third-order valence-electron chi connectivity index (χ3n) is 3.66. The summed E-state index contributed by atoms with van der Waals surface area (Å²) in [5.74, 6) is 0.878. The van der Waals surface area contributed by atoms with Crippen molar-refractivity contribution >= 4 is 5.96 Å². The normalized spacial score (nSPS) is 11.8. The van der Waals surface area contributed by atoms with Crippen LogP contribution in [-0.2, 0) is 11.2 Å². The highest BCUT2D eigenvalue weighted by molar-refractivity contribution is 5.79. The molecule has 24 heavy (non-hydrogen) atoms. The van der Waals surface area contributed by atoms with Gasteiger partial charge in [0, 0.05) is 51.8 Å². The number of guanidine groups is 1. The molecule has 1 aromatic heterocycles. The SMILES string of the molecule is CCNC(=NCCN(C)CCCOC)NCCc1ccc(C)nc1. The molecule has 6 heteroatoms. The van der Waals surface area contributed by atoms with Crippen LogP contribution in [0.3, 0.4) is 0 Å². The van der Waals surface area contributed by atoms with Crippen molar-refractivity contribution in [3.8, 4) is 0 Å². The molecule has 0 atom stereocenters. The first kappa shape index (κ1) is 20.4. The lowest BCUT2D eigenvalue weighted by Gasteiger charge is -2.16. The fourth-order valence-corrected chi connectivity index (χ4v) is 2.24. The average molecular weight is 335 g/mol. The minimum atomic E-state index is 0.783. The van der Waals surface area contributed by atoms with E-state index in [1.807, 2.05) is 19.2 Å². The number of aromatic nitrogens is 1. The van der Waals surface area contributed by atoms with E-state index in [0.717, 1.165) is 63.8 Å². The molecule has 0 saturated heterocycles. The van der Waals surface area contributed by atoms with Crippen molar-refractivity contribution in [2.24, 2.45) is 4.99 Å². The van der Waals surface area contributed by atoms with Crippen molar-refractivity contribution in [1.29, 1.82) is 0 Å². The minimum Gasteiger partial charge on any atom is -0.385 e. The average Bonchev–Trinajstić information content (AvgIpc) is 2.57. The molecule has 136 valence electrons. The van der Waals surface area contributed by atoms with Gasteiger partial charge in [-0.25, -0.2) is 0 Å². The molecular weight excluding hydrogens is 302 g/mol. The van der Waals surface area contributed by atoms with Gasteiger partial charge in [0.15, 0.2) is 5.96 Å². The van der Waals surface area contributed by atoms with Gasteiger partial charge < -0.3 is 20.3 Å². The van der Waals surface area contributed by atoms with E-state index < -0.39 is 0 Å². The van der Waals surface area contributed by atoms with Crippen molar-refractivity contribution in [3.63, 3.8) is 0 Å². The Balaban J connectivity index is 2.29. The van der Waals surface area contributed by atoms with Gasteiger partial charge in [-0.3, -0.25) is 9.98 Å². The maximum Gasteiger partial charge on any atom is 0.191 e. The zero-order chi connectivity index (χ0) is 17.6. The third-order valence-corrected chi connectivity index (χ3v) is 3.66. The van der Waals surface area contributed by atoms with Gasteiger partial charge in [0.05, 0.1) is 6.54 Å². The van der Waals surface area contributed by atoms with Gasteiger partial charge >= 0.3 is 0 Å². The minimum absolute atomic E-state index is 0.783. The van der Waals surface area contributed by atoms with E-state index in [2.05, 4.69) is 45.5 Å². The van der Waals surface area contributed by atoms with Crippen LogP contribution < -0.4 is 10.6 Å². The summed E-state index contributed by atoms with van der Waals surface area (Å²) in [6, 6.07) is 4.18. The molecule has 0 spiro atoms. The van der Waals surface area contributed by atoms with Gasteiger partial charge in [-0.2, -0.15) is 0 Å². The molecule has 1 rings (SSSR count). The number of nitrogens with one attached hydrogen (secondary N) is 2. The number of aliphatic imine (C=N–C) groups is 1. The summed E-state index contributed by atoms with van der Waals surface area (Å²) in [5.41, 5.74) is 2.29. The molecule has 0 saturated carbocycles. The smallest absolute Gasteiger partial charge is 0.191 e. The molecule has 0 unspecified atom stereocenters. The summed E-state index contributed by atoms with van der Waals surface area (Å²) in [5, 5.41) is 6.67. The van der Waals surface area contributed by atoms with Crippen LogP contribution in [0.1, 0.15) is 24.6 Å². The predicted octanol–water partition coefficient (Wildman–Crippen LogP) is 1.46. The third kappa shape index (κ3) is 9.47. The van der Waals surface area contributed by atoms with E-state index in [1.54, 1.807) is 7.11 Å². The van der Waals surface area contributed by atoms with Crippen molar-refractivity contribution in [1.82, 2.24) is 20.5 Å². The van der Waals surface area contributed by atoms with Crippen LogP contribution in [0.5, 0.6) is 0 Å². The second kappa shape index (κ2) is 12.7. The van der Waals surface area contributed by atoms with Gasteiger partial charge in [0.1, 0.15) is 0 Å². The maximum atomic E-state index is 5.08. The molecule has 0 aliphatic rings. The molecule has 0 fully saturated rings. The van der Waals surface area contributed by atoms with Gasteiger partial charge in [-0.1, -0.05) is 6.07 Å². The van der Waals surface area contributed by atoms with E-state index in [0.29, 0.717) is 0 Å². The second-order valence-corrected chi connectivity index (χ2v) is 5.89. The maximum absolute atomic E-state index is 5.08. The summed E-state index contributed by atoms with van der Waals surface area (Å²) in [6.45, 7) is 9.37. The molecular formula is C18H33N5O. The summed E-state index contributed by atoms with van der Waals surface area (Å²) < 4.78 is 5.08. The van der Waals surface area contributed by atoms with Crippen molar-refractivity contribution < 1.29 is 4.74 Å². The Labute approximate surface area is 146 Å². The highest BCUT2D eigenvalue weighted by atomic mass is 16.5. The van der Waals surface area contributed by atoms with E-state index in [9.17, 15) is 0 Å². The van der Waals surface area contributed by atoms with Crippen LogP contribution in [0.4, 0.5) is 0 Å². The van der Waals surface area contributed by atoms with Gasteiger partial charge in [0.25, 0.3) is 0 Å². The zero-order valence-corrected chi connectivity index (χ0v) is 15.6. The highest BCUT2D eigenvalue weighted by Gasteiger charge is 2.00. The van der Waals surface area contributed by atoms with E-state index in [1.165, 1.54) is 5.56 Å². The zero-order valence-electron chi connectivity index (χ0n) is 15.6. The molecule has 0 bridgehead atoms. The number of hydrogen-bond acceptors (Lipinski definition) is 4. The number of ether oxygens (including phenoxy) is 1. The predicted molar refractivity (Wildman–Crippen MR) is 101 cm³/mol. The Bertz CT molecular complexity index is 461. The number of likely N-dealkylation sites (N-methyl/N-ethyl adjacent to an activating group) is 1. The van der Waals surface area contributed by atoms with Crippen LogP contribution in [0, 0.1) is 6.92 Å². The summed E-state index contributed by atoms with van der Waals surface area (Å²) in [4.78, 5) is 11.2. The Hall–Kier alpha value is -1.66. The monoisotopic (exact) mass is 335 g/mol. The molecule has 1 aromatic rings.